The van der Waals surface area contributed by atoms with Crippen LogP contribution in [-0.4, -0.2) is 56.1 Å². The molecule has 1 aliphatic heterocycles. The van der Waals surface area contributed by atoms with Gasteiger partial charge in [0.15, 0.2) is 6.10 Å². The molecule has 5 rings (SSSR count). The molecule has 1 atom stereocenters. The number of quaternary nitrogens is 2. The Kier molecular flexibility index (Phi) is 7.04. The Morgan fingerprint density at radius 3 is 2.04 bits per heavy atom. The van der Waals surface area contributed by atoms with E-state index in [1.165, 1.54) is 43.4 Å². The summed E-state index contributed by atoms with van der Waals surface area (Å²) < 4.78 is 5.40. The Bertz CT molecular complexity index is 342. The van der Waals surface area contributed by atoms with Crippen molar-refractivity contribution in [1.29, 1.82) is 0 Å². The molecule has 23 heavy (non-hydrogen) atoms. The van der Waals surface area contributed by atoms with Crippen molar-refractivity contribution in [2.45, 2.75) is 50.2 Å². The van der Waals surface area contributed by atoms with Crippen LogP contribution in [-0.2, 0) is 4.74 Å². The summed E-state index contributed by atoms with van der Waals surface area (Å²) in [5, 5.41) is 13.0. The number of nitrogens with one attached hydrogen (secondary N) is 1. The topological polar surface area (TPSA) is 50.5 Å². The summed E-state index contributed by atoms with van der Waals surface area (Å²) in [4.78, 5) is 1.52. The van der Waals surface area contributed by atoms with Gasteiger partial charge in [0.1, 0.15) is 26.2 Å². The fraction of sp³-hybridized carbons (Fsp3) is 1.00. The lowest BCUT2D eigenvalue weighted by Gasteiger charge is -2.54. The molecule has 1 unspecified atom stereocenters. The van der Waals surface area contributed by atoms with Gasteiger partial charge in [-0.1, -0.05) is 0 Å². The van der Waals surface area contributed by atoms with Gasteiger partial charge in [-0.25, -0.2) is 0 Å². The van der Waals surface area contributed by atoms with Gasteiger partial charge in [-0.2, -0.15) is 0 Å². The molecule has 4 saturated carbocycles. The second-order valence-corrected chi connectivity index (χ2v) is 8.44. The maximum atomic E-state index is 10.4. The minimum Gasteiger partial charge on any atom is -1.00 e. The molecule has 0 radical (unpaired) electrons. The van der Waals surface area contributed by atoms with Gasteiger partial charge in [0.25, 0.3) is 0 Å². The van der Waals surface area contributed by atoms with E-state index in [0.717, 1.165) is 57.1 Å². The highest BCUT2D eigenvalue weighted by Crippen LogP contribution is 2.54. The van der Waals surface area contributed by atoms with Crippen molar-refractivity contribution in [1.82, 2.24) is 0 Å². The number of nitrogens with two attached hydrogens (primary N) is 1. The maximum Gasteiger partial charge on any atom is 0.151 e. The summed E-state index contributed by atoms with van der Waals surface area (Å²) >= 11 is 0. The van der Waals surface area contributed by atoms with Crippen molar-refractivity contribution in [3.8, 4) is 0 Å². The third-order valence-electron chi connectivity index (χ3n) is 6.63. The lowest BCUT2D eigenvalue weighted by atomic mass is 9.53. The highest BCUT2D eigenvalue weighted by atomic mass is 35.5. The van der Waals surface area contributed by atoms with E-state index >= 15 is 0 Å². The monoisotopic (exact) mass is 366 g/mol. The second kappa shape index (κ2) is 8.20. The van der Waals surface area contributed by atoms with Crippen LogP contribution in [0.25, 0.3) is 0 Å². The van der Waals surface area contributed by atoms with Gasteiger partial charge < -0.3 is 44.9 Å². The quantitative estimate of drug-likeness (QED) is 0.452. The Balaban J connectivity index is 0.000000960. The van der Waals surface area contributed by atoms with Crippen molar-refractivity contribution in [3.63, 3.8) is 0 Å². The molecule has 0 aromatic rings. The molecule has 0 spiro atoms. The molecule has 4 nitrogen and oxygen atoms in total. The van der Waals surface area contributed by atoms with Crippen LogP contribution in [0.5, 0.6) is 0 Å². The number of aliphatic hydroxyl groups is 1. The number of morpholine rings is 1. The largest absolute Gasteiger partial charge is 1.00 e. The average molecular weight is 367 g/mol. The molecule has 136 valence electrons. The second-order valence-electron chi connectivity index (χ2n) is 8.44. The SMILES string of the molecule is OC(C[NH2+]C12CC3CC(CC(C3)C1)C2)C[NH+]1CCOCC1.[Cl-].[Cl-]. The van der Waals surface area contributed by atoms with Gasteiger partial charge in [0, 0.05) is 19.3 Å². The molecule has 0 aromatic carbocycles. The van der Waals surface area contributed by atoms with E-state index < -0.39 is 0 Å². The van der Waals surface area contributed by atoms with E-state index in [1.807, 2.05) is 0 Å². The van der Waals surface area contributed by atoms with Crippen LogP contribution in [0.4, 0.5) is 0 Å². The highest BCUT2D eigenvalue weighted by molar-refractivity contribution is 5.01. The van der Waals surface area contributed by atoms with Gasteiger partial charge in [-0.15, -0.1) is 0 Å². The summed E-state index contributed by atoms with van der Waals surface area (Å²) in [6.45, 7) is 5.67. The molecule has 4 bridgehead atoms. The van der Waals surface area contributed by atoms with Crippen LogP contribution < -0.4 is 35.0 Å². The number of ether oxygens (including phenoxy) is 1. The molecule has 4 N–H and O–H groups in total. The summed E-state index contributed by atoms with van der Waals surface area (Å²) in [7, 11) is 0. The summed E-state index contributed by atoms with van der Waals surface area (Å²) in [6.07, 6.45) is 8.66. The van der Waals surface area contributed by atoms with E-state index in [0.29, 0.717) is 5.54 Å². The van der Waals surface area contributed by atoms with Crippen LogP contribution in [0.2, 0.25) is 0 Å². The van der Waals surface area contributed by atoms with E-state index in [1.54, 1.807) is 0 Å². The molecule has 1 heterocycles. The Morgan fingerprint density at radius 1 is 1.00 bits per heavy atom. The fourth-order valence-corrected chi connectivity index (χ4v) is 6.09. The van der Waals surface area contributed by atoms with Gasteiger partial charge in [-0.05, 0) is 37.0 Å². The van der Waals surface area contributed by atoms with E-state index in [4.69, 9.17) is 4.74 Å². The lowest BCUT2D eigenvalue weighted by Crippen LogP contribution is -3.15. The van der Waals surface area contributed by atoms with Gasteiger partial charge in [-0.3, -0.25) is 0 Å². The van der Waals surface area contributed by atoms with Crippen LogP contribution in [0, 0.1) is 17.8 Å². The van der Waals surface area contributed by atoms with Gasteiger partial charge >= 0.3 is 0 Å². The number of hydrogen-bond acceptors (Lipinski definition) is 2. The molecule has 0 aromatic heterocycles. The molecular formula is C17H32Cl2N2O2. The Morgan fingerprint density at radius 2 is 1.52 bits per heavy atom. The highest BCUT2D eigenvalue weighted by Gasteiger charge is 2.53. The number of aliphatic hydroxyl groups excluding tert-OH is 1. The average Bonchev–Trinajstić information content (AvgIpc) is 2.45. The number of rotatable bonds is 5. The molecule has 6 heteroatoms. The zero-order valence-corrected chi connectivity index (χ0v) is 15.5. The number of halogens is 2. The van der Waals surface area contributed by atoms with Gasteiger partial charge in [0.2, 0.25) is 0 Å². The van der Waals surface area contributed by atoms with Crippen molar-refractivity contribution in [3.05, 3.63) is 0 Å². The Labute approximate surface area is 152 Å². The lowest BCUT2D eigenvalue weighted by molar-refractivity contribution is -0.913. The first-order valence-electron chi connectivity index (χ1n) is 9.14. The van der Waals surface area contributed by atoms with Crippen molar-refractivity contribution in [2.24, 2.45) is 17.8 Å². The van der Waals surface area contributed by atoms with Crippen molar-refractivity contribution in [2.75, 3.05) is 39.4 Å². The first kappa shape index (κ1) is 19.7. The van der Waals surface area contributed by atoms with E-state index in [2.05, 4.69) is 5.32 Å². The first-order valence-corrected chi connectivity index (χ1v) is 9.14. The minimum absolute atomic E-state index is 0. The third kappa shape index (κ3) is 4.53. The molecular weight excluding hydrogens is 335 g/mol. The molecule has 5 aliphatic rings. The zero-order valence-electron chi connectivity index (χ0n) is 14.0. The summed E-state index contributed by atoms with van der Waals surface area (Å²) in [6, 6.07) is 0. The van der Waals surface area contributed by atoms with Crippen LogP contribution in [0.3, 0.4) is 0 Å². The molecule has 1 saturated heterocycles. The standard InChI is InChI=1S/C17H30N2O2.2ClH/c20-16(12-19-1-3-21-4-2-19)11-18-17-8-13-5-14(9-17)7-15(6-13)10-17;;/h13-16,18,20H,1-12H2;2*1H. The van der Waals surface area contributed by atoms with Crippen LogP contribution in [0.15, 0.2) is 0 Å². The van der Waals surface area contributed by atoms with Crippen molar-refractivity contribution >= 4 is 0 Å². The number of hydrogen-bond donors (Lipinski definition) is 3. The van der Waals surface area contributed by atoms with E-state index in [9.17, 15) is 5.11 Å². The molecule has 0 amide bonds. The molecule has 5 fully saturated rings. The maximum absolute atomic E-state index is 10.4. The van der Waals surface area contributed by atoms with E-state index in [-0.39, 0.29) is 30.9 Å². The minimum atomic E-state index is -0.147. The predicted octanol–water partition coefficient (Wildman–Crippen LogP) is -7.20. The van der Waals surface area contributed by atoms with Crippen molar-refractivity contribution < 1.29 is 44.9 Å². The molecule has 4 aliphatic carbocycles. The third-order valence-corrected chi connectivity index (χ3v) is 6.63. The van der Waals surface area contributed by atoms with Crippen LogP contribution in [0.1, 0.15) is 38.5 Å². The first-order chi connectivity index (χ1) is 10.2. The summed E-state index contributed by atoms with van der Waals surface area (Å²) in [5.74, 6) is 3.03. The summed E-state index contributed by atoms with van der Waals surface area (Å²) in [5.41, 5.74) is 0.510. The zero-order chi connectivity index (χ0) is 14.3. The fourth-order valence-electron chi connectivity index (χ4n) is 6.09. The normalized spacial score (nSPS) is 40.3. The van der Waals surface area contributed by atoms with Crippen LogP contribution >= 0.6 is 0 Å². The van der Waals surface area contributed by atoms with Gasteiger partial charge in [0.05, 0.1) is 18.8 Å². The predicted molar refractivity (Wildman–Crippen MR) is 80.1 cm³/mol. The Hall–Kier alpha value is 0.420. The smallest absolute Gasteiger partial charge is 0.151 e.